The van der Waals surface area contributed by atoms with Crippen molar-refractivity contribution in [2.75, 3.05) is 31.1 Å². The molecule has 2 aliphatic heterocycles. The number of nitrogens with zero attached hydrogens (tertiary/aromatic N) is 3. The van der Waals surface area contributed by atoms with Crippen molar-refractivity contribution in [2.45, 2.75) is 19.8 Å². The standard InChI is InChI=1S/C13H17N5O2/c1-8-16-11-9(3-5-15-13(11)20)12(17-8)18-6-2-4-14-10(19)7-18/h2-7H2,1H3,(H,14,19)(H,15,20). The van der Waals surface area contributed by atoms with Crippen LogP contribution in [0.15, 0.2) is 0 Å². The van der Waals surface area contributed by atoms with E-state index in [1.165, 1.54) is 0 Å². The molecule has 1 saturated heterocycles. The van der Waals surface area contributed by atoms with Gasteiger partial charge in [0, 0.05) is 25.2 Å². The molecule has 7 nitrogen and oxygen atoms in total. The summed E-state index contributed by atoms with van der Waals surface area (Å²) < 4.78 is 0. The van der Waals surface area contributed by atoms with Crippen LogP contribution >= 0.6 is 0 Å². The number of anilines is 1. The predicted molar refractivity (Wildman–Crippen MR) is 72.6 cm³/mol. The maximum absolute atomic E-state index is 11.9. The van der Waals surface area contributed by atoms with Gasteiger partial charge in [0.2, 0.25) is 5.91 Å². The Hall–Kier alpha value is -2.18. The molecule has 1 aromatic heterocycles. The molecule has 0 aromatic carbocycles. The quantitative estimate of drug-likeness (QED) is 0.714. The fraction of sp³-hybridized carbons (Fsp3) is 0.538. The van der Waals surface area contributed by atoms with Gasteiger partial charge in [0.05, 0.1) is 6.54 Å². The zero-order valence-electron chi connectivity index (χ0n) is 11.4. The van der Waals surface area contributed by atoms with E-state index in [2.05, 4.69) is 20.6 Å². The maximum Gasteiger partial charge on any atom is 0.270 e. The second kappa shape index (κ2) is 5.07. The third-order valence-electron chi connectivity index (χ3n) is 3.53. The molecule has 0 radical (unpaired) electrons. The van der Waals surface area contributed by atoms with Crippen LogP contribution in [0.2, 0.25) is 0 Å². The van der Waals surface area contributed by atoms with Gasteiger partial charge < -0.3 is 15.5 Å². The van der Waals surface area contributed by atoms with Gasteiger partial charge in [0.1, 0.15) is 17.3 Å². The second-order valence-corrected chi connectivity index (χ2v) is 5.05. The van der Waals surface area contributed by atoms with E-state index >= 15 is 0 Å². The SMILES string of the molecule is Cc1nc2c(c(N3CCCNC(=O)C3)n1)CCNC2=O. The summed E-state index contributed by atoms with van der Waals surface area (Å²) in [5, 5.41) is 5.63. The minimum Gasteiger partial charge on any atom is -0.354 e. The number of aromatic nitrogens is 2. The van der Waals surface area contributed by atoms with Crippen LogP contribution in [0.25, 0.3) is 0 Å². The molecule has 0 atom stereocenters. The van der Waals surface area contributed by atoms with E-state index in [0.29, 0.717) is 31.0 Å². The molecule has 20 heavy (non-hydrogen) atoms. The summed E-state index contributed by atoms with van der Waals surface area (Å²) in [6.07, 6.45) is 1.57. The van der Waals surface area contributed by atoms with Crippen molar-refractivity contribution in [2.24, 2.45) is 0 Å². The highest BCUT2D eigenvalue weighted by molar-refractivity contribution is 5.96. The summed E-state index contributed by atoms with van der Waals surface area (Å²) in [4.78, 5) is 34.3. The minimum absolute atomic E-state index is 0.00669. The van der Waals surface area contributed by atoms with Crippen LogP contribution in [-0.2, 0) is 11.2 Å². The summed E-state index contributed by atoms with van der Waals surface area (Å²) in [5.74, 6) is 1.13. The van der Waals surface area contributed by atoms with Gasteiger partial charge in [-0.05, 0) is 19.8 Å². The Morgan fingerprint density at radius 2 is 2.00 bits per heavy atom. The number of nitrogens with one attached hydrogen (secondary N) is 2. The van der Waals surface area contributed by atoms with Gasteiger partial charge in [-0.2, -0.15) is 0 Å². The largest absolute Gasteiger partial charge is 0.354 e. The molecule has 0 unspecified atom stereocenters. The van der Waals surface area contributed by atoms with Gasteiger partial charge in [0.15, 0.2) is 0 Å². The molecular weight excluding hydrogens is 258 g/mol. The molecular formula is C13H17N5O2. The van der Waals surface area contributed by atoms with Gasteiger partial charge in [0.25, 0.3) is 5.91 Å². The molecule has 2 N–H and O–H groups in total. The molecule has 106 valence electrons. The van der Waals surface area contributed by atoms with Crippen molar-refractivity contribution in [1.29, 1.82) is 0 Å². The monoisotopic (exact) mass is 275 g/mol. The fourth-order valence-corrected chi connectivity index (χ4v) is 2.63. The first-order chi connectivity index (χ1) is 9.65. The van der Waals surface area contributed by atoms with Crippen molar-refractivity contribution in [1.82, 2.24) is 20.6 Å². The first kappa shape index (κ1) is 12.8. The van der Waals surface area contributed by atoms with Crippen molar-refractivity contribution >= 4 is 17.6 Å². The van der Waals surface area contributed by atoms with Crippen LogP contribution in [0.3, 0.4) is 0 Å². The van der Waals surface area contributed by atoms with Crippen molar-refractivity contribution in [3.05, 3.63) is 17.1 Å². The first-order valence-electron chi connectivity index (χ1n) is 6.82. The summed E-state index contributed by atoms with van der Waals surface area (Å²) in [7, 11) is 0. The number of aryl methyl sites for hydroxylation is 1. The van der Waals surface area contributed by atoms with Crippen LogP contribution in [0.5, 0.6) is 0 Å². The van der Waals surface area contributed by atoms with Crippen LogP contribution < -0.4 is 15.5 Å². The van der Waals surface area contributed by atoms with Crippen molar-refractivity contribution in [3.8, 4) is 0 Å². The topological polar surface area (TPSA) is 87.2 Å². The number of amides is 2. The zero-order valence-corrected chi connectivity index (χ0v) is 11.4. The zero-order chi connectivity index (χ0) is 14.1. The Morgan fingerprint density at radius 1 is 1.15 bits per heavy atom. The molecule has 0 spiro atoms. The Labute approximate surface area is 116 Å². The predicted octanol–water partition coefficient (Wildman–Crippen LogP) is -0.603. The highest BCUT2D eigenvalue weighted by Crippen LogP contribution is 2.24. The van der Waals surface area contributed by atoms with E-state index < -0.39 is 0 Å². The number of hydrogen-bond acceptors (Lipinski definition) is 5. The van der Waals surface area contributed by atoms with E-state index in [1.807, 2.05) is 4.90 Å². The van der Waals surface area contributed by atoms with Crippen molar-refractivity contribution in [3.63, 3.8) is 0 Å². The molecule has 0 bridgehead atoms. The average molecular weight is 275 g/mol. The lowest BCUT2D eigenvalue weighted by molar-refractivity contribution is -0.119. The molecule has 2 aliphatic rings. The van der Waals surface area contributed by atoms with Crippen molar-refractivity contribution < 1.29 is 9.59 Å². The van der Waals surface area contributed by atoms with Crippen LogP contribution in [-0.4, -0.2) is 48.0 Å². The second-order valence-electron chi connectivity index (χ2n) is 5.05. The summed E-state index contributed by atoms with van der Waals surface area (Å²) >= 11 is 0. The molecule has 1 fully saturated rings. The Morgan fingerprint density at radius 3 is 2.85 bits per heavy atom. The van der Waals surface area contributed by atoms with Gasteiger partial charge in [-0.25, -0.2) is 9.97 Å². The molecule has 3 rings (SSSR count). The lowest BCUT2D eigenvalue weighted by Gasteiger charge is -2.26. The lowest BCUT2D eigenvalue weighted by Crippen LogP contribution is -2.38. The molecule has 2 amide bonds. The molecule has 0 saturated carbocycles. The lowest BCUT2D eigenvalue weighted by atomic mass is 10.1. The number of fused-ring (bicyclic) bond motifs is 1. The van der Waals surface area contributed by atoms with Gasteiger partial charge in [-0.3, -0.25) is 9.59 Å². The normalized spacial score (nSPS) is 18.9. The fourth-order valence-electron chi connectivity index (χ4n) is 2.63. The smallest absolute Gasteiger partial charge is 0.270 e. The Balaban J connectivity index is 2.04. The molecule has 7 heteroatoms. The average Bonchev–Trinajstić information content (AvgIpc) is 2.64. The van der Waals surface area contributed by atoms with E-state index in [4.69, 9.17) is 0 Å². The Kier molecular flexibility index (Phi) is 3.25. The molecule has 0 aliphatic carbocycles. The highest BCUT2D eigenvalue weighted by Gasteiger charge is 2.27. The van der Waals surface area contributed by atoms with Gasteiger partial charge in [-0.1, -0.05) is 0 Å². The number of rotatable bonds is 1. The molecule has 3 heterocycles. The van der Waals surface area contributed by atoms with Crippen LogP contribution in [0.1, 0.15) is 28.3 Å². The summed E-state index contributed by atoms with van der Waals surface area (Å²) in [6, 6.07) is 0. The maximum atomic E-state index is 11.9. The minimum atomic E-state index is -0.155. The number of hydrogen-bond donors (Lipinski definition) is 2. The summed E-state index contributed by atoms with van der Waals surface area (Å²) in [6.45, 7) is 4.07. The highest BCUT2D eigenvalue weighted by atomic mass is 16.2. The van der Waals surface area contributed by atoms with Gasteiger partial charge in [-0.15, -0.1) is 0 Å². The van der Waals surface area contributed by atoms with E-state index in [-0.39, 0.29) is 18.4 Å². The van der Waals surface area contributed by atoms with E-state index in [9.17, 15) is 9.59 Å². The third kappa shape index (κ3) is 2.31. The number of carbonyl (C=O) groups excluding carboxylic acids is 2. The van der Waals surface area contributed by atoms with Crippen LogP contribution in [0.4, 0.5) is 5.82 Å². The summed E-state index contributed by atoms with van der Waals surface area (Å²) in [5.41, 5.74) is 1.30. The van der Waals surface area contributed by atoms with E-state index in [1.54, 1.807) is 6.92 Å². The van der Waals surface area contributed by atoms with Gasteiger partial charge >= 0.3 is 0 Å². The first-order valence-corrected chi connectivity index (χ1v) is 6.82. The van der Waals surface area contributed by atoms with E-state index in [0.717, 1.165) is 24.3 Å². The molecule has 1 aromatic rings. The third-order valence-corrected chi connectivity index (χ3v) is 3.53. The van der Waals surface area contributed by atoms with Crippen LogP contribution in [0, 0.1) is 6.92 Å². The Bertz CT molecular complexity index is 572. The number of carbonyl (C=O) groups is 2.